The van der Waals surface area contributed by atoms with Crippen molar-refractivity contribution in [1.29, 1.82) is 0 Å². The normalized spacial score (nSPS) is 11.6. The van der Waals surface area contributed by atoms with Gasteiger partial charge in [0.25, 0.3) is 5.91 Å². The summed E-state index contributed by atoms with van der Waals surface area (Å²) in [6.07, 6.45) is 16.9. The minimum Gasteiger partial charge on any atom is -0.361 e. The van der Waals surface area contributed by atoms with Crippen LogP contribution in [0.1, 0.15) is 75.0 Å². The number of benzene rings is 2. The maximum absolute atomic E-state index is 11.2. The molecule has 3 N–H and O–H groups in total. The SMILES string of the molecule is CCCCCCCCCCN(CCc1c[nH]c2ccccc12)Cc1ccc(/C=C/C(=O)NO)cc1. The molecule has 0 saturated heterocycles. The molecule has 3 rings (SSSR count). The van der Waals surface area contributed by atoms with Crippen LogP contribution < -0.4 is 5.48 Å². The van der Waals surface area contributed by atoms with Crippen molar-refractivity contribution < 1.29 is 10.0 Å². The third kappa shape index (κ3) is 9.35. The van der Waals surface area contributed by atoms with Gasteiger partial charge in [-0.25, -0.2) is 5.48 Å². The molecule has 188 valence electrons. The molecule has 0 bridgehead atoms. The van der Waals surface area contributed by atoms with E-state index in [2.05, 4.69) is 59.4 Å². The van der Waals surface area contributed by atoms with E-state index < -0.39 is 5.91 Å². The molecular weight excluding hydrogens is 434 g/mol. The van der Waals surface area contributed by atoms with Gasteiger partial charge in [-0.15, -0.1) is 0 Å². The van der Waals surface area contributed by atoms with Crippen LogP contribution in [0.25, 0.3) is 17.0 Å². The van der Waals surface area contributed by atoms with E-state index in [9.17, 15) is 4.79 Å². The van der Waals surface area contributed by atoms with Gasteiger partial charge in [0.05, 0.1) is 0 Å². The van der Waals surface area contributed by atoms with Crippen LogP contribution in [-0.2, 0) is 17.8 Å². The molecule has 5 nitrogen and oxygen atoms in total. The summed E-state index contributed by atoms with van der Waals surface area (Å²) in [5.74, 6) is -0.525. The molecule has 0 aliphatic heterocycles. The van der Waals surface area contributed by atoms with Gasteiger partial charge in [-0.3, -0.25) is 14.9 Å². The molecule has 1 heterocycles. The quantitative estimate of drug-likeness (QED) is 0.0916. The van der Waals surface area contributed by atoms with Crippen molar-refractivity contribution in [2.24, 2.45) is 0 Å². The molecule has 0 spiro atoms. The molecule has 0 aliphatic rings. The van der Waals surface area contributed by atoms with E-state index >= 15 is 0 Å². The molecule has 3 aromatic rings. The van der Waals surface area contributed by atoms with Crippen molar-refractivity contribution in [2.75, 3.05) is 13.1 Å². The highest BCUT2D eigenvalue weighted by Gasteiger charge is 2.09. The number of nitrogens with zero attached hydrogens (tertiary/aromatic N) is 1. The Kier molecular flexibility index (Phi) is 11.6. The van der Waals surface area contributed by atoms with E-state index in [-0.39, 0.29) is 0 Å². The molecule has 5 heteroatoms. The Morgan fingerprint density at radius 3 is 2.40 bits per heavy atom. The Hall–Kier alpha value is -2.89. The zero-order chi connectivity index (χ0) is 24.7. The van der Waals surface area contributed by atoms with Crippen LogP contribution in [0.2, 0.25) is 0 Å². The molecular formula is C30H41N3O2. The Balaban J connectivity index is 1.55. The van der Waals surface area contributed by atoms with Crippen molar-refractivity contribution in [1.82, 2.24) is 15.4 Å². The second-order valence-corrected chi connectivity index (χ2v) is 9.41. The predicted molar refractivity (Wildman–Crippen MR) is 145 cm³/mol. The third-order valence-electron chi connectivity index (χ3n) is 6.62. The van der Waals surface area contributed by atoms with Gasteiger partial charge < -0.3 is 4.98 Å². The van der Waals surface area contributed by atoms with E-state index in [0.717, 1.165) is 31.6 Å². The number of H-pyrrole nitrogens is 1. The maximum Gasteiger partial charge on any atom is 0.267 e. The first-order valence-corrected chi connectivity index (χ1v) is 13.2. The fourth-order valence-electron chi connectivity index (χ4n) is 4.56. The number of unbranched alkanes of at least 4 members (excludes halogenated alkanes) is 7. The first-order valence-electron chi connectivity index (χ1n) is 13.2. The number of rotatable bonds is 16. The number of amides is 1. The van der Waals surface area contributed by atoms with E-state index in [4.69, 9.17) is 5.21 Å². The Morgan fingerprint density at radius 1 is 0.943 bits per heavy atom. The Bertz CT molecular complexity index is 1040. The lowest BCUT2D eigenvalue weighted by Gasteiger charge is -2.22. The van der Waals surface area contributed by atoms with Gasteiger partial charge in [0.15, 0.2) is 0 Å². The van der Waals surface area contributed by atoms with Gasteiger partial charge in [-0.2, -0.15) is 0 Å². The molecule has 35 heavy (non-hydrogen) atoms. The molecule has 0 saturated carbocycles. The lowest BCUT2D eigenvalue weighted by Crippen LogP contribution is -2.27. The maximum atomic E-state index is 11.2. The summed E-state index contributed by atoms with van der Waals surface area (Å²) in [5, 5.41) is 9.95. The van der Waals surface area contributed by atoms with E-state index in [0.29, 0.717) is 0 Å². The number of aromatic amines is 1. The van der Waals surface area contributed by atoms with Gasteiger partial charge in [-0.05, 0) is 48.2 Å². The molecule has 1 aromatic heterocycles. The number of aromatic nitrogens is 1. The average molecular weight is 476 g/mol. The lowest BCUT2D eigenvalue weighted by atomic mass is 10.1. The highest BCUT2D eigenvalue weighted by Crippen LogP contribution is 2.19. The minimum atomic E-state index is -0.525. The van der Waals surface area contributed by atoms with Crippen LogP contribution in [0.4, 0.5) is 0 Å². The average Bonchev–Trinajstić information content (AvgIpc) is 3.31. The summed E-state index contributed by atoms with van der Waals surface area (Å²) in [6, 6.07) is 16.8. The molecule has 0 radical (unpaired) electrons. The van der Waals surface area contributed by atoms with Crippen LogP contribution >= 0.6 is 0 Å². The molecule has 1 amide bonds. The number of para-hydroxylation sites is 1. The second kappa shape index (κ2) is 15.2. The Labute approximate surface area is 210 Å². The molecule has 2 aromatic carbocycles. The van der Waals surface area contributed by atoms with E-state index in [1.54, 1.807) is 11.6 Å². The number of fused-ring (bicyclic) bond motifs is 1. The third-order valence-corrected chi connectivity index (χ3v) is 6.62. The van der Waals surface area contributed by atoms with Gasteiger partial charge in [0.1, 0.15) is 0 Å². The number of hydrogen-bond donors (Lipinski definition) is 3. The van der Waals surface area contributed by atoms with Crippen molar-refractivity contribution in [3.05, 3.63) is 77.5 Å². The van der Waals surface area contributed by atoms with Crippen LogP contribution in [-0.4, -0.2) is 34.1 Å². The number of carbonyl (C=O) groups is 1. The zero-order valence-electron chi connectivity index (χ0n) is 21.1. The van der Waals surface area contributed by atoms with Crippen LogP contribution in [0.3, 0.4) is 0 Å². The minimum absolute atomic E-state index is 0.525. The largest absolute Gasteiger partial charge is 0.361 e. The van der Waals surface area contributed by atoms with E-state index in [1.165, 1.54) is 79.5 Å². The van der Waals surface area contributed by atoms with Crippen molar-refractivity contribution >= 4 is 22.9 Å². The van der Waals surface area contributed by atoms with Crippen molar-refractivity contribution in [2.45, 2.75) is 71.3 Å². The topological polar surface area (TPSA) is 68.4 Å². The molecule has 0 unspecified atom stereocenters. The molecule has 0 fully saturated rings. The summed E-state index contributed by atoms with van der Waals surface area (Å²) in [6.45, 7) is 5.32. The fourth-order valence-corrected chi connectivity index (χ4v) is 4.56. The van der Waals surface area contributed by atoms with Gasteiger partial charge >= 0.3 is 0 Å². The highest BCUT2D eigenvalue weighted by molar-refractivity contribution is 5.90. The number of hydrogen-bond acceptors (Lipinski definition) is 3. The monoisotopic (exact) mass is 475 g/mol. The van der Waals surface area contributed by atoms with E-state index in [1.807, 2.05) is 12.1 Å². The standard InChI is InChI=1S/C30H41N3O2/c1-2-3-4-5-6-7-8-11-21-33(22-20-27-23-31-29-13-10-9-12-28(27)29)24-26-16-14-25(15-17-26)18-19-30(34)32-35/h9-10,12-19,23,31,35H,2-8,11,20-22,24H2,1H3,(H,32,34)/b19-18+. The zero-order valence-corrected chi connectivity index (χ0v) is 21.1. The van der Waals surface area contributed by atoms with Gasteiger partial charge in [-0.1, -0.05) is 94.3 Å². The summed E-state index contributed by atoms with van der Waals surface area (Å²) in [4.78, 5) is 17.2. The summed E-state index contributed by atoms with van der Waals surface area (Å²) in [7, 11) is 0. The number of hydroxylamine groups is 1. The van der Waals surface area contributed by atoms with Crippen molar-refractivity contribution in [3.8, 4) is 0 Å². The number of nitrogens with one attached hydrogen (secondary N) is 2. The predicted octanol–water partition coefficient (Wildman–Crippen LogP) is 6.87. The van der Waals surface area contributed by atoms with Crippen LogP contribution in [0.15, 0.2) is 60.8 Å². The fraction of sp³-hybridized carbons (Fsp3) is 0.433. The smallest absolute Gasteiger partial charge is 0.267 e. The van der Waals surface area contributed by atoms with Gasteiger partial charge in [0.2, 0.25) is 0 Å². The molecule has 0 atom stereocenters. The summed E-state index contributed by atoms with van der Waals surface area (Å²) >= 11 is 0. The van der Waals surface area contributed by atoms with Crippen molar-refractivity contribution in [3.63, 3.8) is 0 Å². The first-order chi connectivity index (χ1) is 17.2. The highest BCUT2D eigenvalue weighted by atomic mass is 16.5. The van der Waals surface area contributed by atoms with Crippen LogP contribution in [0.5, 0.6) is 0 Å². The number of carbonyl (C=O) groups excluding carboxylic acids is 1. The summed E-state index contributed by atoms with van der Waals surface area (Å²) in [5.41, 5.74) is 6.41. The van der Waals surface area contributed by atoms with Gasteiger partial charge in [0, 0.05) is 36.3 Å². The summed E-state index contributed by atoms with van der Waals surface area (Å²) < 4.78 is 0. The second-order valence-electron chi connectivity index (χ2n) is 9.41. The lowest BCUT2D eigenvalue weighted by molar-refractivity contribution is -0.124. The molecule has 0 aliphatic carbocycles. The van der Waals surface area contributed by atoms with Crippen LogP contribution in [0, 0.1) is 0 Å². The Morgan fingerprint density at radius 2 is 1.66 bits per heavy atom. The first kappa shape index (κ1) is 26.7.